The summed E-state index contributed by atoms with van der Waals surface area (Å²) in [5.41, 5.74) is 0. The third-order valence-electron chi connectivity index (χ3n) is 2.14. The monoisotopic (exact) mass is 244 g/mol. The zero-order valence-corrected chi connectivity index (χ0v) is 11.3. The lowest BCUT2D eigenvalue weighted by Gasteiger charge is -2.17. The largest absolute Gasteiger partial charge is 0.314 e. The van der Waals surface area contributed by atoms with Gasteiger partial charge in [-0.1, -0.05) is 25.6 Å². The first kappa shape index (κ1) is 13.0. The predicted octanol–water partition coefficient (Wildman–Crippen LogP) is 3.40. The molecule has 86 valence electrons. The maximum absolute atomic E-state index is 4.29. The Hall–Kier alpha value is -0.0600. The molecular formula is C11H20N2S2. The highest BCUT2D eigenvalue weighted by Gasteiger charge is 2.10. The van der Waals surface area contributed by atoms with Crippen LogP contribution in [0, 0.1) is 0 Å². The summed E-state index contributed by atoms with van der Waals surface area (Å²) < 4.78 is 1.19. The topological polar surface area (TPSA) is 24.9 Å². The van der Waals surface area contributed by atoms with E-state index in [1.165, 1.54) is 17.2 Å². The first-order chi connectivity index (χ1) is 7.22. The molecule has 0 amide bonds. The van der Waals surface area contributed by atoms with Gasteiger partial charge in [-0.25, -0.2) is 4.98 Å². The molecule has 0 radical (unpaired) electrons. The molecule has 2 nitrogen and oxygen atoms in total. The molecule has 1 N–H and O–H groups in total. The Balaban J connectivity index is 2.20. The van der Waals surface area contributed by atoms with Crippen LogP contribution in [0.25, 0.3) is 0 Å². The summed E-state index contributed by atoms with van der Waals surface area (Å²) in [6.45, 7) is 7.86. The Morgan fingerprint density at radius 3 is 2.93 bits per heavy atom. The van der Waals surface area contributed by atoms with Crippen LogP contribution >= 0.6 is 23.1 Å². The van der Waals surface area contributed by atoms with Gasteiger partial charge < -0.3 is 5.32 Å². The molecule has 1 aromatic heterocycles. The van der Waals surface area contributed by atoms with Crippen molar-refractivity contribution in [2.75, 3.05) is 6.54 Å². The standard InChI is InChI=1S/C11H20N2S2/c1-4-5-12-9(2)8-10(3)15-11-13-6-7-14-11/h6-7,9-10,12H,4-5,8H2,1-3H3. The van der Waals surface area contributed by atoms with Gasteiger partial charge in [-0.2, -0.15) is 0 Å². The van der Waals surface area contributed by atoms with Crippen molar-refractivity contribution in [2.45, 2.75) is 49.2 Å². The summed E-state index contributed by atoms with van der Waals surface area (Å²) in [7, 11) is 0. The number of nitrogens with one attached hydrogen (secondary N) is 1. The fourth-order valence-electron chi connectivity index (χ4n) is 1.46. The third kappa shape index (κ3) is 5.54. The van der Waals surface area contributed by atoms with Crippen LogP contribution in [-0.2, 0) is 0 Å². The Morgan fingerprint density at radius 1 is 1.53 bits per heavy atom. The molecule has 2 unspecified atom stereocenters. The SMILES string of the molecule is CCCNC(C)CC(C)Sc1nccs1. The average molecular weight is 244 g/mol. The van der Waals surface area contributed by atoms with Crippen LogP contribution in [0.2, 0.25) is 0 Å². The number of thioether (sulfide) groups is 1. The van der Waals surface area contributed by atoms with Crippen molar-refractivity contribution in [3.8, 4) is 0 Å². The molecule has 0 aliphatic rings. The first-order valence-electron chi connectivity index (χ1n) is 5.52. The lowest BCUT2D eigenvalue weighted by atomic mass is 10.2. The van der Waals surface area contributed by atoms with E-state index in [9.17, 15) is 0 Å². The highest BCUT2D eigenvalue weighted by Crippen LogP contribution is 2.27. The van der Waals surface area contributed by atoms with Crippen molar-refractivity contribution >= 4 is 23.1 Å². The van der Waals surface area contributed by atoms with Gasteiger partial charge in [0.1, 0.15) is 4.34 Å². The van der Waals surface area contributed by atoms with E-state index in [0.29, 0.717) is 11.3 Å². The summed E-state index contributed by atoms with van der Waals surface area (Å²) in [5, 5.41) is 6.18. The molecule has 0 saturated carbocycles. The minimum atomic E-state index is 0.604. The fraction of sp³-hybridized carbons (Fsp3) is 0.727. The normalized spacial score (nSPS) is 15.1. The van der Waals surface area contributed by atoms with Gasteiger partial charge in [0.25, 0.3) is 0 Å². The maximum Gasteiger partial charge on any atom is 0.150 e. The van der Waals surface area contributed by atoms with E-state index in [2.05, 4.69) is 31.1 Å². The number of thiazole rings is 1. The molecule has 4 heteroatoms. The van der Waals surface area contributed by atoms with Crippen molar-refractivity contribution < 1.29 is 0 Å². The van der Waals surface area contributed by atoms with E-state index < -0.39 is 0 Å². The van der Waals surface area contributed by atoms with Crippen molar-refractivity contribution in [1.82, 2.24) is 10.3 Å². The van der Waals surface area contributed by atoms with Gasteiger partial charge in [0.2, 0.25) is 0 Å². The van der Waals surface area contributed by atoms with Crippen LogP contribution in [0.15, 0.2) is 15.9 Å². The lowest BCUT2D eigenvalue weighted by molar-refractivity contribution is 0.513. The van der Waals surface area contributed by atoms with Crippen molar-refractivity contribution in [2.24, 2.45) is 0 Å². The quantitative estimate of drug-likeness (QED) is 0.744. The second-order valence-corrected chi connectivity index (χ2v) is 6.40. The smallest absolute Gasteiger partial charge is 0.150 e. The van der Waals surface area contributed by atoms with E-state index in [4.69, 9.17) is 0 Å². The summed E-state index contributed by atoms with van der Waals surface area (Å²) in [6.07, 6.45) is 4.28. The van der Waals surface area contributed by atoms with E-state index in [1.54, 1.807) is 11.3 Å². The molecule has 1 aromatic rings. The second-order valence-electron chi connectivity index (χ2n) is 3.82. The van der Waals surface area contributed by atoms with E-state index in [1.807, 2.05) is 23.3 Å². The zero-order chi connectivity index (χ0) is 11.1. The Labute approximate surface area is 101 Å². The molecule has 2 atom stereocenters. The second kappa shape index (κ2) is 7.25. The van der Waals surface area contributed by atoms with Gasteiger partial charge in [0, 0.05) is 22.9 Å². The van der Waals surface area contributed by atoms with Gasteiger partial charge in [-0.05, 0) is 26.3 Å². The van der Waals surface area contributed by atoms with Gasteiger partial charge >= 0.3 is 0 Å². The number of rotatable bonds is 7. The summed E-state index contributed by atoms with van der Waals surface area (Å²) in [5.74, 6) is 0. The van der Waals surface area contributed by atoms with Crippen LogP contribution < -0.4 is 5.32 Å². The molecule has 0 spiro atoms. The molecule has 0 fully saturated rings. The highest BCUT2D eigenvalue weighted by molar-refractivity contribution is 8.01. The van der Waals surface area contributed by atoms with Crippen LogP contribution in [0.1, 0.15) is 33.6 Å². The van der Waals surface area contributed by atoms with Gasteiger partial charge in [-0.3, -0.25) is 0 Å². The van der Waals surface area contributed by atoms with Gasteiger partial charge in [0.15, 0.2) is 0 Å². The molecule has 0 aliphatic heterocycles. The molecule has 0 saturated heterocycles. The number of aromatic nitrogens is 1. The van der Waals surface area contributed by atoms with Crippen LogP contribution in [-0.4, -0.2) is 22.8 Å². The van der Waals surface area contributed by atoms with Crippen LogP contribution in [0.4, 0.5) is 0 Å². The number of hydrogen-bond acceptors (Lipinski definition) is 4. The Kier molecular flexibility index (Phi) is 6.29. The third-order valence-corrected chi connectivity index (χ3v) is 4.18. The Bertz CT molecular complexity index is 249. The van der Waals surface area contributed by atoms with Crippen molar-refractivity contribution in [3.63, 3.8) is 0 Å². The number of hydrogen-bond donors (Lipinski definition) is 1. The van der Waals surface area contributed by atoms with Crippen LogP contribution in [0.5, 0.6) is 0 Å². The lowest BCUT2D eigenvalue weighted by Crippen LogP contribution is -2.29. The summed E-state index contributed by atoms with van der Waals surface area (Å²) in [6, 6.07) is 0.604. The minimum absolute atomic E-state index is 0.604. The molecular weight excluding hydrogens is 224 g/mol. The van der Waals surface area contributed by atoms with Gasteiger partial charge in [0.05, 0.1) is 0 Å². The van der Waals surface area contributed by atoms with Crippen molar-refractivity contribution in [3.05, 3.63) is 11.6 Å². The fourth-order valence-corrected chi connectivity index (χ4v) is 3.55. The van der Waals surface area contributed by atoms with E-state index in [0.717, 1.165) is 6.54 Å². The first-order valence-corrected chi connectivity index (χ1v) is 7.27. The molecule has 0 bridgehead atoms. The predicted molar refractivity (Wildman–Crippen MR) is 69.8 cm³/mol. The molecule has 1 heterocycles. The van der Waals surface area contributed by atoms with E-state index in [-0.39, 0.29) is 0 Å². The average Bonchev–Trinajstić information content (AvgIpc) is 2.67. The number of nitrogens with zero attached hydrogens (tertiary/aromatic N) is 1. The molecule has 0 aromatic carbocycles. The van der Waals surface area contributed by atoms with Crippen LogP contribution in [0.3, 0.4) is 0 Å². The van der Waals surface area contributed by atoms with E-state index >= 15 is 0 Å². The summed E-state index contributed by atoms with van der Waals surface area (Å²) in [4.78, 5) is 4.29. The molecule has 15 heavy (non-hydrogen) atoms. The minimum Gasteiger partial charge on any atom is -0.314 e. The van der Waals surface area contributed by atoms with Crippen molar-refractivity contribution in [1.29, 1.82) is 0 Å². The Morgan fingerprint density at radius 2 is 2.33 bits per heavy atom. The molecule has 1 rings (SSSR count). The maximum atomic E-state index is 4.29. The van der Waals surface area contributed by atoms with Gasteiger partial charge in [-0.15, -0.1) is 11.3 Å². The molecule has 0 aliphatic carbocycles. The zero-order valence-electron chi connectivity index (χ0n) is 9.69. The summed E-state index contributed by atoms with van der Waals surface area (Å²) >= 11 is 3.61. The highest BCUT2D eigenvalue weighted by atomic mass is 32.2.